The molecule has 0 aliphatic heterocycles. The highest BCUT2D eigenvalue weighted by molar-refractivity contribution is 5.96. The Bertz CT molecular complexity index is 811. The number of para-hydroxylation sites is 1. The molecule has 0 aliphatic rings. The predicted molar refractivity (Wildman–Crippen MR) is 82.4 cm³/mol. The van der Waals surface area contributed by atoms with Crippen molar-refractivity contribution in [1.82, 2.24) is 19.7 Å². The average Bonchev–Trinajstić information content (AvgIpc) is 2.84. The Kier molecular flexibility index (Phi) is 5.50. The maximum atomic E-state index is 12.7. The normalized spacial score (nSPS) is 11.4. The second kappa shape index (κ2) is 7.41. The number of amides is 1. The first kappa shape index (κ1) is 18.6. The molecule has 1 amide bonds. The molecule has 25 heavy (non-hydrogen) atoms. The topological polar surface area (TPSA) is 78.2 Å². The minimum atomic E-state index is -4.72. The molecule has 0 atom stereocenters. The highest BCUT2D eigenvalue weighted by atomic mass is 19.4. The van der Waals surface area contributed by atoms with Crippen LogP contribution in [-0.4, -0.2) is 33.4 Å². The van der Waals surface area contributed by atoms with Crippen molar-refractivity contribution < 1.29 is 22.7 Å². The third-order valence-electron chi connectivity index (χ3n) is 3.34. The molecule has 10 heteroatoms. The van der Waals surface area contributed by atoms with Gasteiger partial charge in [-0.05, 0) is 19.1 Å². The Morgan fingerprint density at radius 1 is 1.32 bits per heavy atom. The van der Waals surface area contributed by atoms with E-state index < -0.39 is 23.6 Å². The van der Waals surface area contributed by atoms with E-state index in [-0.39, 0.29) is 13.1 Å². The van der Waals surface area contributed by atoms with E-state index >= 15 is 0 Å². The van der Waals surface area contributed by atoms with E-state index in [4.69, 9.17) is 4.74 Å². The first-order valence-corrected chi connectivity index (χ1v) is 7.46. The molecule has 7 nitrogen and oxygen atoms in total. The van der Waals surface area contributed by atoms with Crippen LogP contribution in [0, 0.1) is 0 Å². The zero-order valence-corrected chi connectivity index (χ0v) is 13.6. The molecule has 0 aliphatic carbocycles. The Labute approximate surface area is 141 Å². The molecule has 0 spiro atoms. The van der Waals surface area contributed by atoms with Crippen molar-refractivity contribution in [3.63, 3.8) is 0 Å². The van der Waals surface area contributed by atoms with E-state index in [9.17, 15) is 22.8 Å². The maximum Gasteiger partial charge on any atom is 0.451 e. The third-order valence-corrected chi connectivity index (χ3v) is 3.34. The van der Waals surface area contributed by atoms with Gasteiger partial charge in [-0.1, -0.05) is 12.1 Å². The van der Waals surface area contributed by atoms with E-state index in [1.54, 1.807) is 31.2 Å². The van der Waals surface area contributed by atoms with Gasteiger partial charge in [0.05, 0.1) is 18.7 Å². The van der Waals surface area contributed by atoms with Gasteiger partial charge < -0.3 is 10.1 Å². The molecule has 1 aromatic heterocycles. The molecule has 0 unspecified atom stereocenters. The summed E-state index contributed by atoms with van der Waals surface area (Å²) in [6.45, 7) is 1.91. The fraction of sp³-hybridized carbons (Fsp3) is 0.400. The van der Waals surface area contributed by atoms with Gasteiger partial charge in [0, 0.05) is 13.6 Å². The van der Waals surface area contributed by atoms with Crippen molar-refractivity contribution >= 4 is 5.91 Å². The third kappa shape index (κ3) is 4.20. The lowest BCUT2D eigenvalue weighted by Gasteiger charge is -2.10. The van der Waals surface area contributed by atoms with Crippen molar-refractivity contribution in [2.45, 2.75) is 19.6 Å². The number of benzene rings is 1. The number of carbonyl (C=O) groups is 1. The van der Waals surface area contributed by atoms with Crippen LogP contribution in [0.25, 0.3) is 0 Å². The first-order valence-electron chi connectivity index (χ1n) is 7.46. The Morgan fingerprint density at radius 2 is 2.00 bits per heavy atom. The number of nitrogens with one attached hydrogen (secondary N) is 1. The Balaban J connectivity index is 2.04. The molecular weight excluding hydrogens is 341 g/mol. The molecule has 0 radical (unpaired) electrons. The summed E-state index contributed by atoms with van der Waals surface area (Å²) in [6, 6.07) is 6.58. The minimum Gasteiger partial charge on any atom is -0.493 e. The lowest BCUT2D eigenvalue weighted by Crippen LogP contribution is -2.32. The average molecular weight is 358 g/mol. The number of carbonyl (C=O) groups excluding carboxylic acids is 1. The van der Waals surface area contributed by atoms with Gasteiger partial charge in [-0.25, -0.2) is 9.48 Å². The van der Waals surface area contributed by atoms with Gasteiger partial charge >= 0.3 is 11.9 Å². The summed E-state index contributed by atoms with van der Waals surface area (Å²) in [4.78, 5) is 23.9. The van der Waals surface area contributed by atoms with Crippen LogP contribution in [0.3, 0.4) is 0 Å². The molecule has 136 valence electrons. The predicted octanol–water partition coefficient (Wildman–Crippen LogP) is 1.43. The molecule has 1 aromatic carbocycles. The minimum absolute atomic E-state index is 0.0620. The fourth-order valence-corrected chi connectivity index (χ4v) is 2.19. The van der Waals surface area contributed by atoms with Crippen LogP contribution in [0.2, 0.25) is 0 Å². The van der Waals surface area contributed by atoms with Gasteiger partial charge in [0.25, 0.3) is 5.91 Å². The molecule has 1 N–H and O–H groups in total. The van der Waals surface area contributed by atoms with Gasteiger partial charge in [-0.2, -0.15) is 13.2 Å². The van der Waals surface area contributed by atoms with Crippen LogP contribution in [0.1, 0.15) is 23.1 Å². The van der Waals surface area contributed by atoms with E-state index in [1.165, 1.54) is 0 Å². The summed E-state index contributed by atoms with van der Waals surface area (Å²) in [5.41, 5.74) is -0.606. The highest BCUT2D eigenvalue weighted by Crippen LogP contribution is 2.25. The van der Waals surface area contributed by atoms with Crippen molar-refractivity contribution in [2.75, 3.05) is 13.2 Å². The summed E-state index contributed by atoms with van der Waals surface area (Å²) < 4.78 is 44.6. The number of halogens is 3. The number of alkyl halides is 3. The van der Waals surface area contributed by atoms with Crippen LogP contribution in [-0.2, 0) is 19.8 Å². The van der Waals surface area contributed by atoms with Gasteiger partial charge in [0.15, 0.2) is 0 Å². The Morgan fingerprint density at radius 3 is 2.60 bits per heavy atom. The molecule has 0 saturated carbocycles. The number of hydrogen-bond acceptors (Lipinski definition) is 4. The number of hydrogen-bond donors (Lipinski definition) is 1. The van der Waals surface area contributed by atoms with Crippen molar-refractivity contribution in [3.05, 3.63) is 46.1 Å². The van der Waals surface area contributed by atoms with Crippen molar-refractivity contribution in [2.24, 2.45) is 7.05 Å². The molecule has 2 aromatic rings. The second-order valence-corrected chi connectivity index (χ2v) is 5.07. The van der Waals surface area contributed by atoms with E-state index in [0.29, 0.717) is 27.2 Å². The number of aromatic nitrogens is 3. The molecule has 2 rings (SSSR count). The lowest BCUT2D eigenvalue weighted by atomic mass is 10.2. The van der Waals surface area contributed by atoms with Crippen LogP contribution in [0.5, 0.6) is 5.75 Å². The summed E-state index contributed by atoms with van der Waals surface area (Å²) in [5, 5.41) is 5.80. The number of ether oxygens (including phenoxy) is 1. The molecule has 0 bridgehead atoms. The van der Waals surface area contributed by atoms with Crippen LogP contribution in [0.15, 0.2) is 29.1 Å². The van der Waals surface area contributed by atoms with Crippen LogP contribution >= 0.6 is 0 Å². The van der Waals surface area contributed by atoms with Crippen molar-refractivity contribution in [1.29, 1.82) is 0 Å². The van der Waals surface area contributed by atoms with Crippen LogP contribution < -0.4 is 15.7 Å². The van der Waals surface area contributed by atoms with Crippen LogP contribution in [0.4, 0.5) is 13.2 Å². The maximum absolute atomic E-state index is 12.7. The lowest BCUT2D eigenvalue weighted by molar-refractivity contribution is -0.147. The molecule has 0 fully saturated rings. The second-order valence-electron chi connectivity index (χ2n) is 5.07. The first-order chi connectivity index (χ1) is 11.8. The molecule has 0 saturated heterocycles. The quantitative estimate of drug-likeness (QED) is 0.847. The van der Waals surface area contributed by atoms with Gasteiger partial charge in [0.2, 0.25) is 5.82 Å². The summed E-state index contributed by atoms with van der Waals surface area (Å²) in [5.74, 6) is -1.34. The number of rotatable bonds is 6. The monoisotopic (exact) mass is 358 g/mol. The highest BCUT2D eigenvalue weighted by Gasteiger charge is 2.37. The smallest absolute Gasteiger partial charge is 0.451 e. The van der Waals surface area contributed by atoms with Gasteiger partial charge in [-0.3, -0.25) is 9.36 Å². The summed E-state index contributed by atoms with van der Waals surface area (Å²) >= 11 is 0. The fourth-order valence-electron chi connectivity index (χ4n) is 2.19. The zero-order chi connectivity index (χ0) is 18.6. The van der Waals surface area contributed by atoms with E-state index in [1.807, 2.05) is 0 Å². The zero-order valence-electron chi connectivity index (χ0n) is 13.6. The van der Waals surface area contributed by atoms with Gasteiger partial charge in [-0.15, -0.1) is 5.10 Å². The standard InChI is InChI=1S/C15H17F3N4O3/c1-3-25-11-7-5-4-6-10(11)12(23)19-8-9-22-14(24)21(2)13(20-22)15(16,17)18/h4-7H,3,8-9H2,1-2H3,(H,19,23). The summed E-state index contributed by atoms with van der Waals surface area (Å²) in [6.07, 6.45) is -4.72. The van der Waals surface area contributed by atoms with Gasteiger partial charge in [0.1, 0.15) is 5.75 Å². The Hall–Kier alpha value is -2.78. The molecular formula is C15H17F3N4O3. The van der Waals surface area contributed by atoms with Crippen molar-refractivity contribution in [3.8, 4) is 5.75 Å². The largest absolute Gasteiger partial charge is 0.493 e. The summed E-state index contributed by atoms with van der Waals surface area (Å²) in [7, 11) is 0.992. The van der Waals surface area contributed by atoms with E-state index in [2.05, 4.69) is 10.4 Å². The number of nitrogens with zero attached hydrogens (tertiary/aromatic N) is 3. The van der Waals surface area contributed by atoms with E-state index in [0.717, 1.165) is 7.05 Å². The molecule has 1 heterocycles. The SMILES string of the molecule is CCOc1ccccc1C(=O)NCCn1nc(C(F)(F)F)n(C)c1=O.